The van der Waals surface area contributed by atoms with Gasteiger partial charge in [-0.1, -0.05) is 12.0 Å². The number of hydrogen-bond acceptors (Lipinski definition) is 3. The van der Waals surface area contributed by atoms with E-state index < -0.39 is 21.5 Å². The number of terminal acetylenes is 1. The van der Waals surface area contributed by atoms with Gasteiger partial charge in [0.05, 0.1) is 0 Å². The minimum absolute atomic E-state index is 0.490. The zero-order valence-corrected chi connectivity index (χ0v) is 9.54. The lowest BCUT2D eigenvalue weighted by Gasteiger charge is -2.04. The molecule has 4 nitrogen and oxygen atoms in total. The Morgan fingerprint density at radius 2 is 2.19 bits per heavy atom. The Morgan fingerprint density at radius 1 is 1.50 bits per heavy atom. The Bertz CT molecular complexity index is 541. The number of benzene rings is 1. The van der Waals surface area contributed by atoms with Gasteiger partial charge in [0.25, 0.3) is 0 Å². The number of carbonyl (C=O) groups is 1. The normalized spacial score (nSPS) is 10.5. The van der Waals surface area contributed by atoms with Crippen LogP contribution >= 0.6 is 0 Å². The molecule has 0 aliphatic heterocycles. The lowest BCUT2D eigenvalue weighted by molar-refractivity contribution is -0.113. The van der Waals surface area contributed by atoms with E-state index in [9.17, 15) is 13.2 Å². The summed E-state index contributed by atoms with van der Waals surface area (Å²) in [6, 6.07) is 6.64. The second kappa shape index (κ2) is 4.81. The third-order valence-electron chi connectivity index (χ3n) is 1.71. The molecule has 1 amide bonds. The molecule has 1 aromatic carbocycles. The van der Waals surface area contributed by atoms with Gasteiger partial charge in [-0.2, -0.15) is 0 Å². The molecule has 5 heteroatoms. The molecule has 0 aromatic heterocycles. The average Bonchev–Trinajstić information content (AvgIpc) is 2.15. The first kappa shape index (κ1) is 12.3. The van der Waals surface area contributed by atoms with E-state index in [4.69, 9.17) is 6.42 Å². The van der Waals surface area contributed by atoms with Crippen molar-refractivity contribution in [2.24, 2.45) is 0 Å². The van der Waals surface area contributed by atoms with Gasteiger partial charge >= 0.3 is 0 Å². The highest BCUT2D eigenvalue weighted by Crippen LogP contribution is 2.09. The number of sulfone groups is 1. The summed E-state index contributed by atoms with van der Waals surface area (Å²) in [5.74, 6) is 1.31. The maximum absolute atomic E-state index is 11.3. The zero-order chi connectivity index (χ0) is 12.2. The van der Waals surface area contributed by atoms with Crippen molar-refractivity contribution in [1.82, 2.24) is 0 Å². The smallest absolute Gasteiger partial charge is 0.239 e. The van der Waals surface area contributed by atoms with Crippen LogP contribution in [0.4, 0.5) is 5.69 Å². The van der Waals surface area contributed by atoms with Gasteiger partial charge in [-0.25, -0.2) is 8.42 Å². The van der Waals surface area contributed by atoms with Gasteiger partial charge < -0.3 is 5.32 Å². The molecular weight excluding hydrogens is 226 g/mol. The SMILES string of the molecule is C#Cc1cccc(NC(=O)CS(C)(=O)=O)c1. The van der Waals surface area contributed by atoms with E-state index in [0.717, 1.165) is 6.26 Å². The molecule has 16 heavy (non-hydrogen) atoms. The number of amides is 1. The summed E-state index contributed by atoms with van der Waals surface area (Å²) in [5, 5.41) is 2.46. The molecule has 0 atom stereocenters. The summed E-state index contributed by atoms with van der Waals surface area (Å²) >= 11 is 0. The summed E-state index contributed by atoms with van der Waals surface area (Å²) in [6.45, 7) is 0. The van der Waals surface area contributed by atoms with Gasteiger partial charge in [0.2, 0.25) is 5.91 Å². The van der Waals surface area contributed by atoms with E-state index in [1.807, 2.05) is 0 Å². The van der Waals surface area contributed by atoms with Crippen LogP contribution in [0.2, 0.25) is 0 Å². The van der Waals surface area contributed by atoms with Crippen molar-refractivity contribution in [2.45, 2.75) is 0 Å². The molecule has 0 bridgehead atoms. The van der Waals surface area contributed by atoms with Crippen molar-refractivity contribution >= 4 is 21.4 Å². The molecule has 0 saturated carbocycles. The van der Waals surface area contributed by atoms with E-state index in [-0.39, 0.29) is 0 Å². The molecule has 0 radical (unpaired) electrons. The van der Waals surface area contributed by atoms with Crippen LogP contribution in [-0.2, 0) is 14.6 Å². The largest absolute Gasteiger partial charge is 0.325 e. The predicted molar refractivity (Wildman–Crippen MR) is 62.7 cm³/mol. The Kier molecular flexibility index (Phi) is 3.69. The summed E-state index contributed by atoms with van der Waals surface area (Å²) in [7, 11) is -3.31. The Morgan fingerprint density at radius 3 is 2.75 bits per heavy atom. The van der Waals surface area contributed by atoms with Crippen LogP contribution in [0, 0.1) is 12.3 Å². The molecule has 1 rings (SSSR count). The lowest BCUT2D eigenvalue weighted by atomic mass is 10.2. The van der Waals surface area contributed by atoms with Crippen molar-refractivity contribution < 1.29 is 13.2 Å². The van der Waals surface area contributed by atoms with Gasteiger partial charge in [0, 0.05) is 17.5 Å². The van der Waals surface area contributed by atoms with Crippen LogP contribution in [0.1, 0.15) is 5.56 Å². The van der Waals surface area contributed by atoms with Crippen molar-refractivity contribution in [3.8, 4) is 12.3 Å². The molecular formula is C11H11NO3S. The minimum atomic E-state index is -3.31. The lowest BCUT2D eigenvalue weighted by Crippen LogP contribution is -2.21. The molecule has 0 spiro atoms. The quantitative estimate of drug-likeness (QED) is 0.785. The maximum Gasteiger partial charge on any atom is 0.239 e. The number of anilines is 1. The second-order valence-corrected chi connectivity index (χ2v) is 5.48. The van der Waals surface area contributed by atoms with Crippen LogP contribution in [0.25, 0.3) is 0 Å². The van der Waals surface area contributed by atoms with Gasteiger partial charge in [-0.15, -0.1) is 6.42 Å². The maximum atomic E-state index is 11.3. The highest BCUT2D eigenvalue weighted by atomic mass is 32.2. The van der Waals surface area contributed by atoms with Crippen molar-refractivity contribution in [2.75, 3.05) is 17.3 Å². The summed E-state index contributed by atoms with van der Waals surface area (Å²) in [4.78, 5) is 11.3. The number of hydrogen-bond donors (Lipinski definition) is 1. The van der Waals surface area contributed by atoms with Crippen molar-refractivity contribution in [3.05, 3.63) is 29.8 Å². The first-order valence-corrected chi connectivity index (χ1v) is 6.51. The molecule has 0 unspecified atom stereocenters. The van der Waals surface area contributed by atoms with Gasteiger partial charge in [-0.3, -0.25) is 4.79 Å². The molecule has 1 aromatic rings. The highest BCUT2D eigenvalue weighted by Gasteiger charge is 2.10. The third-order valence-corrected chi connectivity index (χ3v) is 2.49. The van der Waals surface area contributed by atoms with Gasteiger partial charge in [-0.05, 0) is 18.2 Å². The average molecular weight is 237 g/mol. The van der Waals surface area contributed by atoms with E-state index in [1.165, 1.54) is 0 Å². The Hall–Kier alpha value is -1.80. The van der Waals surface area contributed by atoms with Gasteiger partial charge in [0.1, 0.15) is 5.75 Å². The third kappa shape index (κ3) is 4.15. The summed E-state index contributed by atoms with van der Waals surface area (Å²) in [6.07, 6.45) is 6.20. The standard InChI is InChI=1S/C11H11NO3S/c1-3-9-5-4-6-10(7-9)12-11(13)8-16(2,14)15/h1,4-7H,8H2,2H3,(H,12,13). The molecule has 0 fully saturated rings. The van der Waals surface area contributed by atoms with E-state index in [0.29, 0.717) is 11.3 Å². The van der Waals surface area contributed by atoms with Crippen molar-refractivity contribution in [3.63, 3.8) is 0 Å². The second-order valence-electron chi connectivity index (χ2n) is 3.34. The molecule has 1 N–H and O–H groups in total. The summed E-state index contributed by atoms with van der Waals surface area (Å²) < 4.78 is 21.7. The highest BCUT2D eigenvalue weighted by molar-refractivity contribution is 7.91. The van der Waals surface area contributed by atoms with Crippen LogP contribution in [-0.4, -0.2) is 26.3 Å². The van der Waals surface area contributed by atoms with Crippen molar-refractivity contribution in [1.29, 1.82) is 0 Å². The monoisotopic (exact) mass is 237 g/mol. The number of rotatable bonds is 3. The molecule has 0 aliphatic carbocycles. The Labute approximate surface area is 94.6 Å². The first-order valence-electron chi connectivity index (χ1n) is 4.45. The van der Waals surface area contributed by atoms with Gasteiger partial charge in [0.15, 0.2) is 9.84 Å². The fraction of sp³-hybridized carbons (Fsp3) is 0.182. The topological polar surface area (TPSA) is 63.2 Å². The fourth-order valence-corrected chi connectivity index (χ4v) is 1.67. The molecule has 84 valence electrons. The zero-order valence-electron chi connectivity index (χ0n) is 8.73. The van der Waals surface area contributed by atoms with E-state index in [2.05, 4.69) is 11.2 Å². The van der Waals surface area contributed by atoms with Crippen LogP contribution < -0.4 is 5.32 Å². The van der Waals surface area contributed by atoms with E-state index >= 15 is 0 Å². The number of carbonyl (C=O) groups excluding carboxylic acids is 1. The van der Waals surface area contributed by atoms with Crippen LogP contribution in [0.5, 0.6) is 0 Å². The summed E-state index contributed by atoms with van der Waals surface area (Å²) in [5.41, 5.74) is 1.11. The fourth-order valence-electron chi connectivity index (χ4n) is 1.12. The van der Waals surface area contributed by atoms with Crippen LogP contribution in [0.3, 0.4) is 0 Å². The molecule has 0 heterocycles. The van der Waals surface area contributed by atoms with E-state index in [1.54, 1.807) is 24.3 Å². The first-order chi connectivity index (χ1) is 7.40. The number of nitrogens with one attached hydrogen (secondary N) is 1. The predicted octanol–water partition coefficient (Wildman–Crippen LogP) is 0.651. The molecule has 0 aliphatic rings. The van der Waals surface area contributed by atoms with Crippen LogP contribution in [0.15, 0.2) is 24.3 Å². The Balaban J connectivity index is 2.74. The minimum Gasteiger partial charge on any atom is -0.325 e. The molecule has 0 saturated heterocycles.